The third-order valence-electron chi connectivity index (χ3n) is 3.32. The molecule has 1 amide bonds. The van der Waals surface area contributed by atoms with E-state index in [2.05, 4.69) is 17.0 Å². The summed E-state index contributed by atoms with van der Waals surface area (Å²) in [5, 5.41) is 0. The zero-order chi connectivity index (χ0) is 13.0. The zero-order valence-corrected chi connectivity index (χ0v) is 10.5. The highest BCUT2D eigenvalue weighted by molar-refractivity contribution is 5.78. The summed E-state index contributed by atoms with van der Waals surface area (Å²) in [6.45, 7) is 3.83. The summed E-state index contributed by atoms with van der Waals surface area (Å²) in [7, 11) is 0. The summed E-state index contributed by atoms with van der Waals surface area (Å²) >= 11 is 0. The van der Waals surface area contributed by atoms with Crippen LogP contribution in [0.4, 0.5) is 5.69 Å². The van der Waals surface area contributed by atoms with Crippen molar-refractivity contribution in [2.24, 2.45) is 11.5 Å². The first-order chi connectivity index (χ1) is 8.74. The van der Waals surface area contributed by atoms with Crippen LogP contribution in [0.2, 0.25) is 0 Å². The molecule has 0 aliphatic carbocycles. The Morgan fingerprint density at radius 2 is 1.89 bits per heavy atom. The van der Waals surface area contributed by atoms with Gasteiger partial charge >= 0.3 is 0 Å². The Morgan fingerprint density at radius 1 is 1.17 bits per heavy atom. The Hall–Kier alpha value is -1.59. The number of nitrogens with zero attached hydrogens (tertiary/aromatic N) is 2. The number of hydrogen-bond donors (Lipinski definition) is 2. The van der Waals surface area contributed by atoms with Crippen molar-refractivity contribution in [2.75, 3.05) is 37.6 Å². The molecule has 0 atom stereocenters. The van der Waals surface area contributed by atoms with Crippen molar-refractivity contribution in [3.05, 3.63) is 29.8 Å². The molecule has 1 saturated heterocycles. The van der Waals surface area contributed by atoms with Crippen LogP contribution in [0.25, 0.3) is 0 Å². The Labute approximate surface area is 107 Å². The third kappa shape index (κ3) is 2.80. The summed E-state index contributed by atoms with van der Waals surface area (Å²) in [5.74, 6) is 0.0327. The summed E-state index contributed by atoms with van der Waals surface area (Å²) < 4.78 is 0. The van der Waals surface area contributed by atoms with Gasteiger partial charge in [0.05, 0.1) is 6.54 Å². The number of hydrogen-bond acceptors (Lipinski definition) is 4. The lowest BCUT2D eigenvalue weighted by Crippen LogP contribution is -2.50. The van der Waals surface area contributed by atoms with E-state index in [0.717, 1.165) is 31.7 Å². The van der Waals surface area contributed by atoms with E-state index in [9.17, 15) is 4.79 Å². The third-order valence-corrected chi connectivity index (χ3v) is 3.32. The van der Waals surface area contributed by atoms with Crippen molar-refractivity contribution in [3.8, 4) is 0 Å². The molecule has 0 aromatic heterocycles. The molecular formula is C13H20N4O. The maximum Gasteiger partial charge on any atom is 0.236 e. The summed E-state index contributed by atoms with van der Waals surface area (Å²) in [5.41, 5.74) is 13.3. The van der Waals surface area contributed by atoms with Crippen molar-refractivity contribution in [1.82, 2.24) is 4.90 Å². The van der Waals surface area contributed by atoms with Gasteiger partial charge in [-0.15, -0.1) is 0 Å². The van der Waals surface area contributed by atoms with Gasteiger partial charge in [-0.05, 0) is 17.7 Å². The minimum absolute atomic E-state index is 0.0327. The largest absolute Gasteiger partial charge is 0.368 e. The van der Waals surface area contributed by atoms with E-state index in [-0.39, 0.29) is 12.5 Å². The number of benzene rings is 1. The van der Waals surface area contributed by atoms with Gasteiger partial charge in [-0.1, -0.05) is 12.1 Å². The first kappa shape index (κ1) is 12.9. The van der Waals surface area contributed by atoms with E-state index in [1.54, 1.807) is 0 Å². The maximum atomic E-state index is 11.5. The highest BCUT2D eigenvalue weighted by atomic mass is 16.2. The Bertz CT molecular complexity index is 413. The first-order valence-electron chi connectivity index (χ1n) is 6.26. The molecular weight excluding hydrogens is 228 g/mol. The van der Waals surface area contributed by atoms with Gasteiger partial charge in [-0.2, -0.15) is 0 Å². The number of piperazine rings is 1. The van der Waals surface area contributed by atoms with Crippen LogP contribution in [-0.4, -0.2) is 43.5 Å². The van der Waals surface area contributed by atoms with Crippen LogP contribution in [0.15, 0.2) is 24.3 Å². The van der Waals surface area contributed by atoms with Gasteiger partial charge in [-0.3, -0.25) is 4.79 Å². The number of carbonyl (C=O) groups excluding carboxylic acids is 1. The Kier molecular flexibility index (Phi) is 4.17. The number of rotatable bonds is 3. The molecule has 1 aliphatic heterocycles. The molecule has 0 bridgehead atoms. The Balaban J connectivity index is 1.98. The average molecular weight is 248 g/mol. The van der Waals surface area contributed by atoms with Crippen molar-refractivity contribution in [1.29, 1.82) is 0 Å². The van der Waals surface area contributed by atoms with Gasteiger partial charge in [0.1, 0.15) is 0 Å². The molecule has 0 unspecified atom stereocenters. The SMILES string of the molecule is NCC(=O)N1CCN(c2cccc(CN)c2)CC1. The van der Waals surface area contributed by atoms with Crippen LogP contribution >= 0.6 is 0 Å². The second kappa shape index (κ2) is 5.84. The maximum absolute atomic E-state index is 11.5. The van der Waals surface area contributed by atoms with Crippen LogP contribution in [0, 0.1) is 0 Å². The molecule has 1 aromatic carbocycles. The highest BCUT2D eigenvalue weighted by Crippen LogP contribution is 2.17. The lowest BCUT2D eigenvalue weighted by Gasteiger charge is -2.36. The van der Waals surface area contributed by atoms with E-state index in [1.165, 1.54) is 5.69 Å². The van der Waals surface area contributed by atoms with Gasteiger partial charge in [0.2, 0.25) is 5.91 Å². The molecule has 5 nitrogen and oxygen atoms in total. The van der Waals surface area contributed by atoms with Crippen molar-refractivity contribution in [3.63, 3.8) is 0 Å². The quantitative estimate of drug-likeness (QED) is 0.773. The van der Waals surface area contributed by atoms with Crippen molar-refractivity contribution in [2.45, 2.75) is 6.54 Å². The molecule has 18 heavy (non-hydrogen) atoms. The zero-order valence-electron chi connectivity index (χ0n) is 10.5. The number of amides is 1. The van der Waals surface area contributed by atoms with E-state index in [0.29, 0.717) is 6.54 Å². The Morgan fingerprint density at radius 3 is 2.50 bits per heavy atom. The molecule has 1 heterocycles. The fourth-order valence-corrected chi connectivity index (χ4v) is 2.22. The molecule has 1 fully saturated rings. The second-order valence-corrected chi connectivity index (χ2v) is 4.45. The molecule has 0 radical (unpaired) electrons. The van der Waals surface area contributed by atoms with Crippen LogP contribution in [0.3, 0.4) is 0 Å². The highest BCUT2D eigenvalue weighted by Gasteiger charge is 2.20. The molecule has 98 valence electrons. The first-order valence-corrected chi connectivity index (χ1v) is 6.26. The molecule has 0 spiro atoms. The average Bonchev–Trinajstić information content (AvgIpc) is 2.46. The van der Waals surface area contributed by atoms with Crippen LogP contribution < -0.4 is 16.4 Å². The molecule has 4 N–H and O–H groups in total. The lowest BCUT2D eigenvalue weighted by atomic mass is 10.1. The lowest BCUT2D eigenvalue weighted by molar-refractivity contribution is -0.129. The smallest absolute Gasteiger partial charge is 0.236 e. The summed E-state index contributed by atoms with van der Waals surface area (Å²) in [6, 6.07) is 8.24. The van der Waals surface area contributed by atoms with Gasteiger partial charge in [0.25, 0.3) is 0 Å². The van der Waals surface area contributed by atoms with Gasteiger partial charge in [0.15, 0.2) is 0 Å². The fraction of sp³-hybridized carbons (Fsp3) is 0.462. The predicted octanol–water partition coefficient (Wildman–Crippen LogP) is -0.247. The number of nitrogens with two attached hydrogens (primary N) is 2. The van der Waals surface area contributed by atoms with Crippen LogP contribution in [0.5, 0.6) is 0 Å². The minimum Gasteiger partial charge on any atom is -0.368 e. The summed E-state index contributed by atoms with van der Waals surface area (Å²) in [4.78, 5) is 15.6. The van der Waals surface area contributed by atoms with Gasteiger partial charge < -0.3 is 21.3 Å². The normalized spacial score (nSPS) is 15.9. The molecule has 2 rings (SSSR count). The molecule has 0 saturated carbocycles. The van der Waals surface area contributed by atoms with E-state index < -0.39 is 0 Å². The van der Waals surface area contributed by atoms with Crippen LogP contribution in [-0.2, 0) is 11.3 Å². The second-order valence-electron chi connectivity index (χ2n) is 4.45. The van der Waals surface area contributed by atoms with Gasteiger partial charge in [-0.25, -0.2) is 0 Å². The minimum atomic E-state index is 0.0327. The molecule has 1 aliphatic rings. The predicted molar refractivity (Wildman–Crippen MR) is 72.2 cm³/mol. The standard InChI is InChI=1S/C13H20N4O/c14-9-11-2-1-3-12(8-11)16-4-6-17(7-5-16)13(18)10-15/h1-3,8H,4-7,9-10,14-15H2. The number of carbonyl (C=O) groups is 1. The van der Waals surface area contributed by atoms with E-state index in [4.69, 9.17) is 11.5 Å². The molecule has 5 heteroatoms. The topological polar surface area (TPSA) is 75.6 Å². The van der Waals surface area contributed by atoms with Gasteiger partial charge in [0, 0.05) is 38.4 Å². The molecule has 1 aromatic rings. The van der Waals surface area contributed by atoms with E-state index >= 15 is 0 Å². The van der Waals surface area contributed by atoms with Crippen LogP contribution in [0.1, 0.15) is 5.56 Å². The van der Waals surface area contributed by atoms with Crippen molar-refractivity contribution >= 4 is 11.6 Å². The fourth-order valence-electron chi connectivity index (χ4n) is 2.22. The summed E-state index contributed by atoms with van der Waals surface area (Å²) in [6.07, 6.45) is 0. The number of anilines is 1. The van der Waals surface area contributed by atoms with Crippen molar-refractivity contribution < 1.29 is 4.79 Å². The van der Waals surface area contributed by atoms with E-state index in [1.807, 2.05) is 17.0 Å². The monoisotopic (exact) mass is 248 g/mol.